The number of benzene rings is 1. The first-order valence-corrected chi connectivity index (χ1v) is 7.08. The van der Waals surface area contributed by atoms with Crippen molar-refractivity contribution in [1.29, 1.82) is 0 Å². The number of nitrogens with one attached hydrogen (secondary N) is 1. The minimum absolute atomic E-state index is 0.153. The van der Waals surface area contributed by atoms with E-state index in [1.54, 1.807) is 31.2 Å². The van der Waals surface area contributed by atoms with Gasteiger partial charge in [-0.15, -0.1) is 11.8 Å². The van der Waals surface area contributed by atoms with Gasteiger partial charge in [-0.1, -0.05) is 6.07 Å². The normalized spacial score (nSPS) is 10.1. The van der Waals surface area contributed by atoms with Crippen LogP contribution in [-0.2, 0) is 4.79 Å². The van der Waals surface area contributed by atoms with E-state index < -0.39 is 5.97 Å². The first kappa shape index (κ1) is 15.0. The van der Waals surface area contributed by atoms with Crippen LogP contribution in [0.5, 0.6) is 0 Å². The van der Waals surface area contributed by atoms with Crippen molar-refractivity contribution in [1.82, 2.24) is 9.97 Å². The molecule has 2 aromatic rings. The molecule has 0 aliphatic heterocycles. The maximum Gasteiger partial charge on any atom is 0.335 e. The molecule has 0 atom stereocenters. The summed E-state index contributed by atoms with van der Waals surface area (Å²) in [6, 6.07) is 6.74. The van der Waals surface area contributed by atoms with Crippen molar-refractivity contribution in [3.63, 3.8) is 0 Å². The third kappa shape index (κ3) is 4.28. The van der Waals surface area contributed by atoms with Gasteiger partial charge in [-0.25, -0.2) is 14.8 Å². The molecular weight excluding hydrogens is 290 g/mol. The Labute approximate surface area is 125 Å². The van der Waals surface area contributed by atoms with E-state index in [-0.39, 0.29) is 23.2 Å². The lowest BCUT2D eigenvalue weighted by Crippen LogP contribution is -2.15. The third-order valence-electron chi connectivity index (χ3n) is 2.63. The summed E-state index contributed by atoms with van der Waals surface area (Å²) >= 11 is 1.26. The van der Waals surface area contributed by atoms with Gasteiger partial charge in [-0.3, -0.25) is 10.1 Å². The molecule has 2 rings (SSSR count). The van der Waals surface area contributed by atoms with E-state index in [1.807, 2.05) is 0 Å². The van der Waals surface area contributed by atoms with Gasteiger partial charge < -0.3 is 5.11 Å². The summed E-state index contributed by atoms with van der Waals surface area (Å²) in [5.41, 5.74) is 0.931. The average Bonchev–Trinajstić information content (AvgIpc) is 2.47. The molecule has 0 fully saturated rings. The van der Waals surface area contributed by atoms with Crippen LogP contribution in [0.1, 0.15) is 15.9 Å². The lowest BCUT2D eigenvalue weighted by Gasteiger charge is -2.06. The molecule has 6 nitrogen and oxygen atoms in total. The number of nitrogens with zero attached hydrogens (tertiary/aromatic N) is 2. The number of carboxylic acids is 1. The van der Waals surface area contributed by atoms with E-state index in [0.29, 0.717) is 5.56 Å². The maximum absolute atomic E-state index is 11.7. The molecule has 0 saturated heterocycles. The second kappa shape index (κ2) is 6.85. The second-order valence-corrected chi connectivity index (χ2v) is 5.24. The van der Waals surface area contributed by atoms with Crippen molar-refractivity contribution < 1.29 is 14.7 Å². The topological polar surface area (TPSA) is 92.2 Å². The molecule has 0 unspecified atom stereocenters. The molecule has 0 spiro atoms. The molecule has 0 radical (unpaired) electrons. The van der Waals surface area contributed by atoms with E-state index in [2.05, 4.69) is 15.3 Å². The molecule has 0 aliphatic rings. The van der Waals surface area contributed by atoms with Crippen LogP contribution in [0.15, 0.2) is 41.6 Å². The maximum atomic E-state index is 11.7. The predicted octanol–water partition coefficient (Wildman–Crippen LogP) is 2.21. The fourth-order valence-corrected chi connectivity index (χ4v) is 2.33. The van der Waals surface area contributed by atoms with Crippen molar-refractivity contribution in [3.05, 3.63) is 47.8 Å². The second-order valence-electron chi connectivity index (χ2n) is 4.19. The van der Waals surface area contributed by atoms with Gasteiger partial charge in [0.1, 0.15) is 0 Å². The van der Waals surface area contributed by atoms with Crippen molar-refractivity contribution in [2.24, 2.45) is 0 Å². The third-order valence-corrected chi connectivity index (χ3v) is 3.62. The molecule has 1 aromatic carbocycles. The standard InChI is InChI=1S/C14H13N3O3S/c1-9-3-4-10(7-11(9)13(19)20)21-8-12(18)17-14-15-5-2-6-16-14/h2-7H,8H2,1H3,(H,19,20)(H,15,16,17,18). The van der Waals surface area contributed by atoms with E-state index in [1.165, 1.54) is 24.2 Å². The zero-order valence-corrected chi connectivity index (χ0v) is 12.1. The Balaban J connectivity index is 1.95. The smallest absolute Gasteiger partial charge is 0.335 e. The summed E-state index contributed by atoms with van der Waals surface area (Å²) in [6.45, 7) is 1.73. The number of amides is 1. The Morgan fingerprint density at radius 3 is 2.67 bits per heavy atom. The largest absolute Gasteiger partial charge is 0.478 e. The molecule has 2 N–H and O–H groups in total. The minimum Gasteiger partial charge on any atom is -0.478 e. The summed E-state index contributed by atoms with van der Waals surface area (Å²) < 4.78 is 0. The molecule has 7 heteroatoms. The van der Waals surface area contributed by atoms with Crippen molar-refractivity contribution in [2.45, 2.75) is 11.8 Å². The van der Waals surface area contributed by atoms with E-state index in [0.717, 1.165) is 4.90 Å². The zero-order valence-electron chi connectivity index (χ0n) is 11.2. The quantitative estimate of drug-likeness (QED) is 0.823. The lowest BCUT2D eigenvalue weighted by atomic mass is 10.1. The minimum atomic E-state index is -0.975. The first-order chi connectivity index (χ1) is 10.1. The molecule has 0 saturated carbocycles. The van der Waals surface area contributed by atoms with Crippen LogP contribution in [0.2, 0.25) is 0 Å². The molecule has 108 valence electrons. The lowest BCUT2D eigenvalue weighted by molar-refractivity contribution is -0.113. The first-order valence-electron chi connectivity index (χ1n) is 6.10. The fourth-order valence-electron chi connectivity index (χ4n) is 1.59. The highest BCUT2D eigenvalue weighted by Crippen LogP contribution is 2.21. The van der Waals surface area contributed by atoms with Gasteiger partial charge in [-0.2, -0.15) is 0 Å². The number of carbonyl (C=O) groups is 2. The Hall–Kier alpha value is -2.41. The summed E-state index contributed by atoms with van der Waals surface area (Å²) in [6.07, 6.45) is 3.07. The number of hydrogen-bond acceptors (Lipinski definition) is 5. The van der Waals surface area contributed by atoms with E-state index in [9.17, 15) is 9.59 Å². The van der Waals surface area contributed by atoms with Crippen LogP contribution < -0.4 is 5.32 Å². The SMILES string of the molecule is Cc1ccc(SCC(=O)Nc2ncccn2)cc1C(=O)O. The highest BCUT2D eigenvalue weighted by Gasteiger charge is 2.10. The van der Waals surface area contributed by atoms with Crippen molar-refractivity contribution >= 4 is 29.6 Å². The number of aromatic carboxylic acids is 1. The van der Waals surface area contributed by atoms with Gasteiger partial charge >= 0.3 is 5.97 Å². The zero-order chi connectivity index (χ0) is 15.2. The van der Waals surface area contributed by atoms with E-state index in [4.69, 9.17) is 5.11 Å². The van der Waals surface area contributed by atoms with Crippen LogP contribution in [0.3, 0.4) is 0 Å². The van der Waals surface area contributed by atoms with Gasteiger partial charge in [0.2, 0.25) is 11.9 Å². The van der Waals surface area contributed by atoms with Gasteiger partial charge in [0.05, 0.1) is 11.3 Å². The van der Waals surface area contributed by atoms with Crippen LogP contribution in [0.4, 0.5) is 5.95 Å². The number of thioether (sulfide) groups is 1. The van der Waals surface area contributed by atoms with Crippen LogP contribution in [0, 0.1) is 6.92 Å². The molecule has 1 amide bonds. The average molecular weight is 303 g/mol. The molecule has 21 heavy (non-hydrogen) atoms. The predicted molar refractivity (Wildman–Crippen MR) is 79.5 cm³/mol. The summed E-state index contributed by atoms with van der Waals surface area (Å²) in [5, 5.41) is 11.6. The molecule has 1 aromatic heterocycles. The number of rotatable bonds is 5. The van der Waals surface area contributed by atoms with Crippen LogP contribution in [-0.4, -0.2) is 32.7 Å². The van der Waals surface area contributed by atoms with Crippen molar-refractivity contribution in [3.8, 4) is 0 Å². The van der Waals surface area contributed by atoms with Crippen LogP contribution >= 0.6 is 11.8 Å². The van der Waals surface area contributed by atoms with E-state index >= 15 is 0 Å². The Kier molecular flexibility index (Phi) is 4.89. The molecular formula is C14H13N3O3S. The summed E-state index contributed by atoms with van der Waals surface area (Å²) in [4.78, 5) is 31.3. The Morgan fingerprint density at radius 2 is 2.00 bits per heavy atom. The highest BCUT2D eigenvalue weighted by atomic mass is 32.2. The van der Waals surface area contributed by atoms with Gasteiger partial charge in [0.15, 0.2) is 0 Å². The van der Waals surface area contributed by atoms with Crippen LogP contribution in [0.25, 0.3) is 0 Å². The summed E-state index contributed by atoms with van der Waals surface area (Å²) in [7, 11) is 0. The van der Waals surface area contributed by atoms with Gasteiger partial charge in [0, 0.05) is 17.3 Å². The Morgan fingerprint density at radius 1 is 1.29 bits per heavy atom. The number of carbonyl (C=O) groups excluding carboxylic acids is 1. The number of aromatic nitrogens is 2. The monoisotopic (exact) mass is 303 g/mol. The van der Waals surface area contributed by atoms with Crippen molar-refractivity contribution in [2.75, 3.05) is 11.1 Å². The number of carboxylic acid groups (broad SMARTS) is 1. The fraction of sp³-hybridized carbons (Fsp3) is 0.143. The summed E-state index contributed by atoms with van der Waals surface area (Å²) in [5.74, 6) is -0.820. The highest BCUT2D eigenvalue weighted by molar-refractivity contribution is 8.00. The number of anilines is 1. The molecule has 1 heterocycles. The Bertz CT molecular complexity index is 662. The molecule has 0 aliphatic carbocycles. The van der Waals surface area contributed by atoms with Gasteiger partial charge in [0.25, 0.3) is 0 Å². The molecule has 0 bridgehead atoms. The number of aryl methyl sites for hydroxylation is 1. The number of hydrogen-bond donors (Lipinski definition) is 2. The van der Waals surface area contributed by atoms with Gasteiger partial charge in [-0.05, 0) is 30.7 Å².